The molecular formula is C21H22O3. The lowest BCUT2D eigenvalue weighted by atomic mass is 9.98. The van der Waals surface area contributed by atoms with Crippen LogP contribution >= 0.6 is 0 Å². The minimum atomic E-state index is -0.881. The Morgan fingerprint density at radius 3 is 1.96 bits per heavy atom. The van der Waals surface area contributed by atoms with Crippen molar-refractivity contribution in [2.24, 2.45) is 11.8 Å². The monoisotopic (exact) mass is 322 g/mol. The molecule has 1 saturated carbocycles. The van der Waals surface area contributed by atoms with Crippen LogP contribution in [0.3, 0.4) is 0 Å². The van der Waals surface area contributed by atoms with Crippen LogP contribution in [-0.2, 0) is 9.53 Å². The number of benzene rings is 2. The Hall–Kier alpha value is -2.42. The van der Waals surface area contributed by atoms with Crippen LogP contribution in [0.5, 0.6) is 0 Å². The third-order valence-corrected chi connectivity index (χ3v) is 4.60. The Morgan fingerprint density at radius 1 is 0.958 bits per heavy atom. The van der Waals surface area contributed by atoms with Crippen molar-refractivity contribution in [1.29, 1.82) is 0 Å². The molecule has 0 aliphatic heterocycles. The molecule has 2 aromatic carbocycles. The molecular weight excluding hydrogens is 300 g/mol. The first-order valence-electron chi connectivity index (χ1n) is 8.33. The SMILES string of the molecule is Cc1ccc(C(=O)C(OC(=O)C2CC2C)c2ccc(C)cc2)cc1. The highest BCUT2D eigenvalue weighted by atomic mass is 16.5. The molecule has 0 heterocycles. The lowest BCUT2D eigenvalue weighted by Crippen LogP contribution is -2.21. The van der Waals surface area contributed by atoms with Crippen LogP contribution < -0.4 is 0 Å². The van der Waals surface area contributed by atoms with Crippen molar-refractivity contribution < 1.29 is 14.3 Å². The molecule has 3 nitrogen and oxygen atoms in total. The first-order valence-corrected chi connectivity index (χ1v) is 8.33. The molecule has 3 atom stereocenters. The molecule has 0 radical (unpaired) electrons. The van der Waals surface area contributed by atoms with Crippen LogP contribution in [0.15, 0.2) is 48.5 Å². The molecule has 0 amide bonds. The number of hydrogen-bond acceptors (Lipinski definition) is 3. The van der Waals surface area contributed by atoms with Gasteiger partial charge in [0, 0.05) is 11.1 Å². The first-order chi connectivity index (χ1) is 11.5. The van der Waals surface area contributed by atoms with E-state index < -0.39 is 6.10 Å². The van der Waals surface area contributed by atoms with Crippen molar-refractivity contribution in [2.75, 3.05) is 0 Å². The summed E-state index contributed by atoms with van der Waals surface area (Å²) in [6, 6.07) is 14.9. The normalized spacial score (nSPS) is 20.3. The van der Waals surface area contributed by atoms with Gasteiger partial charge in [0.25, 0.3) is 0 Å². The highest BCUT2D eigenvalue weighted by molar-refractivity contribution is 6.01. The van der Waals surface area contributed by atoms with E-state index in [4.69, 9.17) is 4.74 Å². The van der Waals surface area contributed by atoms with E-state index in [2.05, 4.69) is 0 Å². The van der Waals surface area contributed by atoms with Crippen molar-refractivity contribution in [3.05, 3.63) is 70.8 Å². The number of esters is 1. The Kier molecular flexibility index (Phi) is 4.52. The third kappa shape index (κ3) is 3.56. The molecule has 0 spiro atoms. The molecule has 3 heteroatoms. The Labute approximate surface area is 142 Å². The predicted molar refractivity (Wildman–Crippen MR) is 92.8 cm³/mol. The summed E-state index contributed by atoms with van der Waals surface area (Å²) in [6.45, 7) is 5.98. The van der Waals surface area contributed by atoms with Gasteiger partial charge in [0.15, 0.2) is 6.10 Å². The van der Waals surface area contributed by atoms with Gasteiger partial charge in [-0.05, 0) is 26.2 Å². The standard InChI is InChI=1S/C21H22O3/c1-13-4-8-16(9-5-13)19(22)20(17-10-6-14(2)7-11-17)24-21(23)18-12-15(18)3/h4-11,15,18,20H,12H2,1-3H3. The summed E-state index contributed by atoms with van der Waals surface area (Å²) >= 11 is 0. The molecule has 1 aliphatic carbocycles. The Bertz CT molecular complexity index is 744. The second-order valence-electron chi connectivity index (χ2n) is 6.78. The summed E-state index contributed by atoms with van der Waals surface area (Å²) < 4.78 is 5.63. The second kappa shape index (κ2) is 6.60. The molecule has 0 bridgehead atoms. The number of carbonyl (C=O) groups excluding carboxylic acids is 2. The van der Waals surface area contributed by atoms with Crippen LogP contribution in [0.25, 0.3) is 0 Å². The summed E-state index contributed by atoms with van der Waals surface area (Å²) in [5.74, 6) is -0.163. The molecule has 24 heavy (non-hydrogen) atoms. The molecule has 0 aromatic heterocycles. The van der Waals surface area contributed by atoms with E-state index in [0.29, 0.717) is 17.0 Å². The van der Waals surface area contributed by atoms with Crippen LogP contribution in [0.2, 0.25) is 0 Å². The average Bonchev–Trinajstić information content (AvgIpc) is 3.30. The zero-order valence-electron chi connectivity index (χ0n) is 14.3. The fraction of sp³-hybridized carbons (Fsp3) is 0.333. The zero-order chi connectivity index (χ0) is 17.3. The molecule has 3 rings (SSSR count). The van der Waals surface area contributed by atoms with Crippen molar-refractivity contribution >= 4 is 11.8 Å². The quantitative estimate of drug-likeness (QED) is 0.604. The van der Waals surface area contributed by atoms with Gasteiger partial charge in [-0.2, -0.15) is 0 Å². The van der Waals surface area contributed by atoms with E-state index in [-0.39, 0.29) is 17.7 Å². The van der Waals surface area contributed by atoms with Crippen molar-refractivity contribution in [3.63, 3.8) is 0 Å². The second-order valence-corrected chi connectivity index (χ2v) is 6.78. The summed E-state index contributed by atoms with van der Waals surface area (Å²) in [4.78, 5) is 25.2. The van der Waals surface area contributed by atoms with Gasteiger partial charge in [-0.3, -0.25) is 9.59 Å². The number of carbonyl (C=O) groups is 2. The van der Waals surface area contributed by atoms with Crippen LogP contribution in [-0.4, -0.2) is 11.8 Å². The van der Waals surface area contributed by atoms with Gasteiger partial charge in [0.05, 0.1) is 5.92 Å². The van der Waals surface area contributed by atoms with Crippen LogP contribution in [0, 0.1) is 25.7 Å². The highest BCUT2D eigenvalue weighted by Gasteiger charge is 2.42. The maximum Gasteiger partial charge on any atom is 0.310 e. The number of Topliss-reactive ketones (excluding diaryl/α,β-unsaturated/α-hetero) is 1. The lowest BCUT2D eigenvalue weighted by Gasteiger charge is -2.18. The van der Waals surface area contributed by atoms with Gasteiger partial charge in [-0.25, -0.2) is 0 Å². The first kappa shape index (κ1) is 16.4. The van der Waals surface area contributed by atoms with Gasteiger partial charge in [0.1, 0.15) is 0 Å². The van der Waals surface area contributed by atoms with Gasteiger partial charge in [-0.15, -0.1) is 0 Å². The number of hydrogen-bond donors (Lipinski definition) is 0. The topological polar surface area (TPSA) is 43.4 Å². The van der Waals surface area contributed by atoms with E-state index in [0.717, 1.165) is 17.5 Å². The predicted octanol–water partition coefficient (Wildman–Crippen LogP) is 4.43. The minimum Gasteiger partial charge on any atom is -0.449 e. The van der Waals surface area contributed by atoms with E-state index in [1.54, 1.807) is 12.1 Å². The number of ether oxygens (including phenoxy) is 1. The number of rotatable bonds is 5. The average molecular weight is 322 g/mol. The van der Waals surface area contributed by atoms with E-state index >= 15 is 0 Å². The minimum absolute atomic E-state index is 0.0660. The Balaban J connectivity index is 1.88. The van der Waals surface area contributed by atoms with Gasteiger partial charge in [0.2, 0.25) is 5.78 Å². The maximum absolute atomic E-state index is 12.9. The smallest absolute Gasteiger partial charge is 0.310 e. The van der Waals surface area contributed by atoms with E-state index in [9.17, 15) is 9.59 Å². The largest absolute Gasteiger partial charge is 0.449 e. The lowest BCUT2D eigenvalue weighted by molar-refractivity contribution is -0.149. The fourth-order valence-electron chi connectivity index (χ4n) is 2.74. The number of aryl methyl sites for hydroxylation is 2. The summed E-state index contributed by atoms with van der Waals surface area (Å²) in [6.07, 6.45) is -0.0355. The van der Waals surface area contributed by atoms with Gasteiger partial charge < -0.3 is 4.74 Å². The molecule has 0 saturated heterocycles. The molecule has 2 aromatic rings. The van der Waals surface area contributed by atoms with Gasteiger partial charge in [-0.1, -0.05) is 66.6 Å². The Morgan fingerprint density at radius 2 is 1.46 bits per heavy atom. The van der Waals surface area contributed by atoms with Gasteiger partial charge >= 0.3 is 5.97 Å². The van der Waals surface area contributed by atoms with Crippen molar-refractivity contribution in [1.82, 2.24) is 0 Å². The molecule has 124 valence electrons. The molecule has 1 aliphatic rings. The zero-order valence-corrected chi connectivity index (χ0v) is 14.3. The van der Waals surface area contributed by atoms with Crippen LogP contribution in [0.1, 0.15) is 46.5 Å². The van der Waals surface area contributed by atoms with Crippen LogP contribution in [0.4, 0.5) is 0 Å². The maximum atomic E-state index is 12.9. The molecule has 0 N–H and O–H groups in total. The number of ketones is 1. The van der Waals surface area contributed by atoms with E-state index in [1.165, 1.54) is 0 Å². The van der Waals surface area contributed by atoms with E-state index in [1.807, 2.05) is 57.2 Å². The third-order valence-electron chi connectivity index (χ3n) is 4.60. The van der Waals surface area contributed by atoms with Crippen molar-refractivity contribution in [3.8, 4) is 0 Å². The highest BCUT2D eigenvalue weighted by Crippen LogP contribution is 2.40. The summed E-state index contributed by atoms with van der Waals surface area (Å²) in [5.41, 5.74) is 3.46. The fourth-order valence-corrected chi connectivity index (χ4v) is 2.74. The molecule has 3 unspecified atom stereocenters. The molecule has 1 fully saturated rings. The summed E-state index contributed by atoms with van der Waals surface area (Å²) in [7, 11) is 0. The van der Waals surface area contributed by atoms with Crippen molar-refractivity contribution in [2.45, 2.75) is 33.3 Å². The summed E-state index contributed by atoms with van der Waals surface area (Å²) in [5, 5.41) is 0.